The smallest absolute Gasteiger partial charge is 0.276 e. The summed E-state index contributed by atoms with van der Waals surface area (Å²) in [5, 5.41) is 12.1. The number of rotatable bonds is 7. The van der Waals surface area contributed by atoms with Crippen LogP contribution in [0, 0.1) is 12.8 Å². The third kappa shape index (κ3) is 3.96. The molecule has 1 aromatic heterocycles. The zero-order valence-electron chi connectivity index (χ0n) is 11.0. The summed E-state index contributed by atoms with van der Waals surface area (Å²) >= 11 is 1.63. The second-order valence-electron chi connectivity index (χ2n) is 4.58. The summed E-state index contributed by atoms with van der Waals surface area (Å²) in [6.07, 6.45) is 2.29. The number of nitrogens with one attached hydrogen (secondary N) is 1. The van der Waals surface area contributed by atoms with E-state index in [2.05, 4.69) is 22.4 Å². The van der Waals surface area contributed by atoms with Crippen molar-refractivity contribution >= 4 is 11.8 Å². The van der Waals surface area contributed by atoms with Crippen molar-refractivity contribution in [3.05, 3.63) is 5.89 Å². The molecule has 1 N–H and O–H groups in total. The number of aryl methyl sites for hydroxylation is 1. The van der Waals surface area contributed by atoms with Gasteiger partial charge in [0.15, 0.2) is 0 Å². The lowest BCUT2D eigenvalue weighted by atomic mass is 10.0. The molecule has 0 aromatic carbocycles. The van der Waals surface area contributed by atoms with Crippen molar-refractivity contribution in [2.75, 3.05) is 25.5 Å². The molecule has 2 unspecified atom stereocenters. The summed E-state index contributed by atoms with van der Waals surface area (Å²) in [6.45, 7) is 6.80. The number of hydrogen-bond donors (Lipinski definition) is 1. The van der Waals surface area contributed by atoms with Crippen molar-refractivity contribution in [1.82, 2.24) is 15.5 Å². The highest BCUT2D eigenvalue weighted by Gasteiger charge is 2.25. The van der Waals surface area contributed by atoms with Crippen LogP contribution in [0.15, 0.2) is 9.64 Å². The van der Waals surface area contributed by atoms with Crippen LogP contribution in [0.4, 0.5) is 0 Å². The van der Waals surface area contributed by atoms with Crippen LogP contribution < -0.4 is 5.32 Å². The molecule has 6 heteroatoms. The molecule has 1 saturated heterocycles. The molecule has 0 bridgehead atoms. The highest BCUT2D eigenvalue weighted by Crippen LogP contribution is 2.23. The van der Waals surface area contributed by atoms with E-state index < -0.39 is 0 Å². The van der Waals surface area contributed by atoms with Crippen LogP contribution in [0.1, 0.15) is 25.7 Å². The van der Waals surface area contributed by atoms with Crippen molar-refractivity contribution < 1.29 is 9.15 Å². The molecule has 1 aromatic rings. The van der Waals surface area contributed by atoms with Gasteiger partial charge in [-0.2, -0.15) is 0 Å². The average molecular weight is 271 g/mol. The molecule has 1 aliphatic rings. The Kier molecular flexibility index (Phi) is 5.46. The fourth-order valence-corrected chi connectivity index (χ4v) is 3.05. The fraction of sp³-hybridized carbons (Fsp3) is 0.833. The van der Waals surface area contributed by atoms with Crippen LogP contribution in [0.5, 0.6) is 0 Å². The minimum absolute atomic E-state index is 0.463. The topological polar surface area (TPSA) is 60.2 Å². The third-order valence-corrected chi connectivity index (χ3v) is 4.02. The largest absolute Gasteiger partial charge is 0.416 e. The average Bonchev–Trinajstić information content (AvgIpc) is 3.01. The van der Waals surface area contributed by atoms with Crippen molar-refractivity contribution in [2.24, 2.45) is 5.92 Å². The van der Waals surface area contributed by atoms with E-state index in [1.807, 2.05) is 6.92 Å². The maximum atomic E-state index is 5.47. The van der Waals surface area contributed by atoms with Gasteiger partial charge in [-0.1, -0.05) is 18.7 Å². The Morgan fingerprint density at radius 2 is 2.39 bits per heavy atom. The summed E-state index contributed by atoms with van der Waals surface area (Å²) in [5.74, 6) is 2.18. The highest BCUT2D eigenvalue weighted by atomic mass is 32.2. The molecule has 2 heterocycles. The predicted molar refractivity (Wildman–Crippen MR) is 70.8 cm³/mol. The second kappa shape index (κ2) is 7.11. The van der Waals surface area contributed by atoms with Crippen LogP contribution in [-0.2, 0) is 4.74 Å². The molecule has 102 valence electrons. The van der Waals surface area contributed by atoms with Crippen LogP contribution in [0.25, 0.3) is 0 Å². The Morgan fingerprint density at radius 1 is 1.50 bits per heavy atom. The summed E-state index contributed by atoms with van der Waals surface area (Å²) in [6, 6.07) is 0.463. The summed E-state index contributed by atoms with van der Waals surface area (Å²) in [7, 11) is 0. The van der Waals surface area contributed by atoms with Gasteiger partial charge in [0.25, 0.3) is 5.22 Å². The van der Waals surface area contributed by atoms with Crippen LogP contribution in [0.3, 0.4) is 0 Å². The minimum Gasteiger partial charge on any atom is -0.416 e. The number of aromatic nitrogens is 2. The Balaban J connectivity index is 1.83. The first-order valence-corrected chi connectivity index (χ1v) is 7.52. The van der Waals surface area contributed by atoms with Crippen LogP contribution >= 0.6 is 11.8 Å². The number of hydrogen-bond acceptors (Lipinski definition) is 6. The Hall–Kier alpha value is -0.590. The molecule has 2 atom stereocenters. The van der Waals surface area contributed by atoms with Gasteiger partial charge < -0.3 is 14.5 Å². The van der Waals surface area contributed by atoms with Gasteiger partial charge >= 0.3 is 0 Å². The van der Waals surface area contributed by atoms with Crippen LogP contribution in [0.2, 0.25) is 0 Å². The molecule has 5 nitrogen and oxygen atoms in total. The predicted octanol–water partition coefficient (Wildman–Crippen LogP) is 1.87. The van der Waals surface area contributed by atoms with E-state index >= 15 is 0 Å². The lowest BCUT2D eigenvalue weighted by molar-refractivity contribution is 0.179. The molecular formula is C12H21N3O2S. The first kappa shape index (κ1) is 13.8. The molecule has 0 amide bonds. The van der Waals surface area contributed by atoms with Gasteiger partial charge in [0.1, 0.15) is 0 Å². The monoisotopic (exact) mass is 271 g/mol. The molecule has 1 fully saturated rings. The Morgan fingerprint density at radius 3 is 3.00 bits per heavy atom. The van der Waals surface area contributed by atoms with Crippen molar-refractivity contribution in [3.63, 3.8) is 0 Å². The van der Waals surface area contributed by atoms with Gasteiger partial charge in [-0.15, -0.1) is 10.2 Å². The van der Waals surface area contributed by atoms with Gasteiger partial charge in [-0.25, -0.2) is 0 Å². The minimum atomic E-state index is 0.463. The maximum Gasteiger partial charge on any atom is 0.276 e. The van der Waals surface area contributed by atoms with Gasteiger partial charge in [-0.05, 0) is 19.4 Å². The summed E-state index contributed by atoms with van der Waals surface area (Å²) in [5.41, 5.74) is 0. The van der Waals surface area contributed by atoms with Gasteiger partial charge in [-0.3, -0.25) is 0 Å². The van der Waals surface area contributed by atoms with E-state index in [-0.39, 0.29) is 0 Å². The first-order valence-electron chi connectivity index (χ1n) is 6.53. The molecule has 0 aliphatic carbocycles. The molecule has 1 aliphatic heterocycles. The molecule has 0 spiro atoms. The molecule has 0 saturated carbocycles. The zero-order valence-corrected chi connectivity index (χ0v) is 11.8. The lowest BCUT2D eigenvalue weighted by Gasteiger charge is -2.22. The molecular weight excluding hydrogens is 250 g/mol. The lowest BCUT2D eigenvalue weighted by Crippen LogP contribution is -2.39. The highest BCUT2D eigenvalue weighted by molar-refractivity contribution is 7.99. The van der Waals surface area contributed by atoms with E-state index in [0.717, 1.165) is 38.4 Å². The molecule has 2 rings (SSSR count). The van der Waals surface area contributed by atoms with E-state index in [1.165, 1.54) is 0 Å². The third-order valence-electron chi connectivity index (χ3n) is 3.08. The number of thioether (sulfide) groups is 1. The first-order chi connectivity index (χ1) is 8.79. The van der Waals surface area contributed by atoms with E-state index in [9.17, 15) is 0 Å². The van der Waals surface area contributed by atoms with Gasteiger partial charge in [0, 0.05) is 31.2 Å². The maximum absolute atomic E-state index is 5.47. The standard InChI is InChI=1S/C12H21N3O2S/c1-3-5-13-11(10-4-6-16-7-10)8-18-12-15-14-9(2)17-12/h10-11,13H,3-8H2,1-2H3. The van der Waals surface area contributed by atoms with Crippen molar-refractivity contribution in [2.45, 2.75) is 38.0 Å². The SMILES string of the molecule is CCCNC(CSc1nnc(C)o1)C1CCOC1. The van der Waals surface area contributed by atoms with Crippen LogP contribution in [-0.4, -0.2) is 41.8 Å². The molecule has 18 heavy (non-hydrogen) atoms. The van der Waals surface area contributed by atoms with Crippen molar-refractivity contribution in [1.29, 1.82) is 0 Å². The Labute approximate surface area is 112 Å². The zero-order chi connectivity index (χ0) is 12.8. The van der Waals surface area contributed by atoms with E-state index in [0.29, 0.717) is 23.1 Å². The van der Waals surface area contributed by atoms with E-state index in [1.54, 1.807) is 11.8 Å². The van der Waals surface area contributed by atoms with E-state index in [4.69, 9.17) is 9.15 Å². The normalized spacial score (nSPS) is 21.3. The Bertz CT molecular complexity index is 353. The van der Waals surface area contributed by atoms with Gasteiger partial charge in [0.2, 0.25) is 5.89 Å². The molecule has 0 radical (unpaired) electrons. The number of ether oxygens (including phenoxy) is 1. The fourth-order valence-electron chi connectivity index (χ4n) is 2.06. The summed E-state index contributed by atoms with van der Waals surface area (Å²) < 4.78 is 10.9. The second-order valence-corrected chi connectivity index (χ2v) is 5.55. The quantitative estimate of drug-likeness (QED) is 0.764. The van der Waals surface area contributed by atoms with Gasteiger partial charge in [0.05, 0.1) is 6.61 Å². The summed E-state index contributed by atoms with van der Waals surface area (Å²) in [4.78, 5) is 0. The van der Waals surface area contributed by atoms with Crippen molar-refractivity contribution in [3.8, 4) is 0 Å². The number of nitrogens with zero attached hydrogens (tertiary/aromatic N) is 2.